The third-order valence-corrected chi connectivity index (χ3v) is 1.46. The van der Waals surface area contributed by atoms with Crippen LogP contribution in [0, 0.1) is 0 Å². The second-order valence-electron chi connectivity index (χ2n) is 3.09. The molecule has 0 bridgehead atoms. The number of carbonyl (C=O) groups is 1. The van der Waals surface area contributed by atoms with Crippen molar-refractivity contribution in [2.75, 3.05) is 53.6 Å². The van der Waals surface area contributed by atoms with Crippen LogP contribution in [0.1, 0.15) is 0 Å². The van der Waals surface area contributed by atoms with Gasteiger partial charge in [-0.3, -0.25) is 4.99 Å². The Bertz CT molecular complexity index is 222. The molecule has 0 saturated carbocycles. The van der Waals surface area contributed by atoms with E-state index in [2.05, 4.69) is 15.0 Å². The highest BCUT2D eigenvalue weighted by atomic mass is 16.5. The third kappa shape index (κ3) is 17.2. The molecule has 8 nitrogen and oxygen atoms in total. The largest absolute Gasteiger partial charge is 0.480 e. The Hall–Kier alpha value is -1.22. The SMILES string of the molecule is COCC(=O)O.COCC1=NCCN1.NCCN. The Balaban J connectivity index is 0. The van der Waals surface area contributed by atoms with E-state index in [-0.39, 0.29) is 6.61 Å². The molecule has 1 rings (SSSR count). The zero-order valence-corrected chi connectivity index (χ0v) is 11.0. The van der Waals surface area contributed by atoms with E-state index < -0.39 is 5.97 Å². The number of rotatable bonds is 5. The van der Waals surface area contributed by atoms with E-state index in [9.17, 15) is 4.79 Å². The van der Waals surface area contributed by atoms with Crippen LogP contribution in [0.4, 0.5) is 0 Å². The number of carboxylic acids is 1. The van der Waals surface area contributed by atoms with Gasteiger partial charge < -0.3 is 31.4 Å². The molecular weight excluding hydrogens is 240 g/mol. The molecular formula is C10H24N4O4. The Kier molecular flexibility index (Phi) is 16.8. The van der Waals surface area contributed by atoms with Gasteiger partial charge in [-0.2, -0.15) is 0 Å². The molecule has 0 aliphatic carbocycles. The molecule has 1 heterocycles. The molecule has 6 N–H and O–H groups in total. The first-order valence-corrected chi connectivity index (χ1v) is 5.49. The molecule has 0 saturated heterocycles. The van der Waals surface area contributed by atoms with Gasteiger partial charge in [0.15, 0.2) is 0 Å². The van der Waals surface area contributed by atoms with Crippen molar-refractivity contribution < 1.29 is 19.4 Å². The average Bonchev–Trinajstić information content (AvgIpc) is 2.83. The number of nitrogens with zero attached hydrogens (tertiary/aromatic N) is 1. The highest BCUT2D eigenvalue weighted by Crippen LogP contribution is 1.83. The molecule has 0 amide bonds. The molecule has 0 aromatic heterocycles. The highest BCUT2D eigenvalue weighted by Gasteiger charge is 2.01. The van der Waals surface area contributed by atoms with E-state index >= 15 is 0 Å². The lowest BCUT2D eigenvalue weighted by atomic mass is 10.6. The van der Waals surface area contributed by atoms with E-state index in [4.69, 9.17) is 21.3 Å². The number of nitrogens with two attached hydrogens (primary N) is 2. The lowest BCUT2D eigenvalue weighted by Gasteiger charge is -1.96. The molecule has 0 radical (unpaired) electrons. The van der Waals surface area contributed by atoms with Crippen molar-refractivity contribution in [2.45, 2.75) is 0 Å². The third-order valence-electron chi connectivity index (χ3n) is 1.46. The van der Waals surface area contributed by atoms with Crippen LogP contribution in [0.15, 0.2) is 4.99 Å². The molecule has 108 valence electrons. The second kappa shape index (κ2) is 15.8. The predicted octanol–water partition coefficient (Wildman–Crippen LogP) is -1.74. The fourth-order valence-corrected chi connectivity index (χ4v) is 0.804. The molecule has 8 heteroatoms. The maximum atomic E-state index is 9.47. The summed E-state index contributed by atoms with van der Waals surface area (Å²) in [5, 5.41) is 10.9. The lowest BCUT2D eigenvalue weighted by Crippen LogP contribution is -2.22. The van der Waals surface area contributed by atoms with Crippen molar-refractivity contribution in [3.05, 3.63) is 0 Å². The van der Waals surface area contributed by atoms with Crippen molar-refractivity contribution >= 4 is 11.8 Å². The number of hydrogen-bond donors (Lipinski definition) is 4. The van der Waals surface area contributed by atoms with Crippen LogP contribution in [-0.4, -0.2) is 70.5 Å². The van der Waals surface area contributed by atoms with Gasteiger partial charge in [0.1, 0.15) is 19.0 Å². The summed E-state index contributed by atoms with van der Waals surface area (Å²) in [6, 6.07) is 0. The van der Waals surface area contributed by atoms with Crippen LogP contribution < -0.4 is 16.8 Å². The van der Waals surface area contributed by atoms with Gasteiger partial charge in [-0.05, 0) is 0 Å². The Morgan fingerprint density at radius 1 is 1.39 bits per heavy atom. The summed E-state index contributed by atoms with van der Waals surface area (Å²) < 4.78 is 9.04. The number of aliphatic imine (C=N–C) groups is 1. The van der Waals surface area contributed by atoms with Crippen LogP contribution >= 0.6 is 0 Å². The smallest absolute Gasteiger partial charge is 0.329 e. The van der Waals surface area contributed by atoms with Crippen molar-refractivity contribution in [2.24, 2.45) is 16.5 Å². The first-order chi connectivity index (χ1) is 8.62. The van der Waals surface area contributed by atoms with Crippen LogP contribution in [0.5, 0.6) is 0 Å². The highest BCUT2D eigenvalue weighted by molar-refractivity contribution is 5.84. The monoisotopic (exact) mass is 264 g/mol. The minimum atomic E-state index is -0.933. The molecule has 0 fully saturated rings. The molecule has 0 aromatic rings. The first kappa shape index (κ1) is 19.1. The number of amidine groups is 1. The summed E-state index contributed by atoms with van der Waals surface area (Å²) in [5.74, 6) is 0.0463. The summed E-state index contributed by atoms with van der Waals surface area (Å²) in [7, 11) is 3.01. The molecule has 0 spiro atoms. The fraction of sp³-hybridized carbons (Fsp3) is 0.800. The average molecular weight is 264 g/mol. The van der Waals surface area contributed by atoms with Crippen LogP contribution in [0.3, 0.4) is 0 Å². The lowest BCUT2D eigenvalue weighted by molar-refractivity contribution is -0.141. The molecule has 18 heavy (non-hydrogen) atoms. The zero-order valence-electron chi connectivity index (χ0n) is 11.0. The number of methoxy groups -OCH3 is 2. The Morgan fingerprint density at radius 3 is 2.22 bits per heavy atom. The van der Waals surface area contributed by atoms with Gasteiger partial charge >= 0.3 is 5.97 Å². The van der Waals surface area contributed by atoms with E-state index in [1.807, 2.05) is 0 Å². The Labute approximate surface area is 107 Å². The number of ether oxygens (including phenoxy) is 2. The molecule has 1 aliphatic rings. The standard InChI is InChI=1S/C5H10N2O.C3H6O3.C2H8N2/c1-8-4-5-6-2-3-7-5;1-6-2-3(4)5;3-1-2-4/h2-4H2,1H3,(H,6,7);2H2,1H3,(H,4,5);1-4H2. The zero-order chi connectivity index (χ0) is 14.2. The summed E-state index contributed by atoms with van der Waals surface area (Å²) in [6.45, 7) is 3.48. The predicted molar refractivity (Wildman–Crippen MR) is 69.8 cm³/mol. The minimum Gasteiger partial charge on any atom is -0.480 e. The number of hydrogen-bond acceptors (Lipinski definition) is 7. The maximum absolute atomic E-state index is 9.47. The van der Waals surface area contributed by atoms with E-state index in [1.54, 1.807) is 7.11 Å². The quantitative estimate of drug-likeness (QED) is 0.463. The summed E-state index contributed by atoms with van der Waals surface area (Å²) >= 11 is 0. The Morgan fingerprint density at radius 2 is 2.00 bits per heavy atom. The van der Waals surface area contributed by atoms with E-state index in [1.165, 1.54) is 7.11 Å². The normalized spacial score (nSPS) is 12.3. The topological polar surface area (TPSA) is 132 Å². The second-order valence-corrected chi connectivity index (χ2v) is 3.09. The molecule has 1 aliphatic heterocycles. The first-order valence-electron chi connectivity index (χ1n) is 5.49. The molecule has 0 unspecified atom stereocenters. The number of nitrogens with one attached hydrogen (secondary N) is 1. The van der Waals surface area contributed by atoms with E-state index in [0.29, 0.717) is 19.7 Å². The van der Waals surface area contributed by atoms with Crippen LogP contribution in [0.25, 0.3) is 0 Å². The van der Waals surface area contributed by atoms with Crippen molar-refractivity contribution in [1.82, 2.24) is 5.32 Å². The fourth-order valence-electron chi connectivity index (χ4n) is 0.804. The summed E-state index contributed by atoms with van der Waals surface area (Å²) in [5.41, 5.74) is 9.81. The van der Waals surface area contributed by atoms with Crippen LogP contribution in [0.2, 0.25) is 0 Å². The number of aliphatic carboxylic acids is 1. The van der Waals surface area contributed by atoms with Gasteiger partial charge in [0.2, 0.25) is 0 Å². The van der Waals surface area contributed by atoms with Gasteiger partial charge in [0.25, 0.3) is 0 Å². The van der Waals surface area contributed by atoms with Gasteiger partial charge in [-0.25, -0.2) is 4.79 Å². The van der Waals surface area contributed by atoms with Gasteiger partial charge in [-0.15, -0.1) is 0 Å². The van der Waals surface area contributed by atoms with Crippen molar-refractivity contribution in [3.63, 3.8) is 0 Å². The molecule has 0 aromatic carbocycles. The van der Waals surface area contributed by atoms with Crippen LogP contribution in [-0.2, 0) is 14.3 Å². The van der Waals surface area contributed by atoms with E-state index in [0.717, 1.165) is 18.9 Å². The van der Waals surface area contributed by atoms with Gasteiger partial charge in [0.05, 0.1) is 6.54 Å². The minimum absolute atomic E-state index is 0.208. The van der Waals surface area contributed by atoms with Gasteiger partial charge in [0, 0.05) is 33.9 Å². The summed E-state index contributed by atoms with van der Waals surface area (Å²) in [6.07, 6.45) is 0. The van der Waals surface area contributed by atoms with Crippen molar-refractivity contribution in [3.8, 4) is 0 Å². The van der Waals surface area contributed by atoms with Gasteiger partial charge in [-0.1, -0.05) is 0 Å². The number of carboxylic acid groups (broad SMARTS) is 1. The summed E-state index contributed by atoms with van der Waals surface area (Å²) in [4.78, 5) is 13.6. The molecule has 0 atom stereocenters. The van der Waals surface area contributed by atoms with Crippen molar-refractivity contribution in [1.29, 1.82) is 0 Å². The maximum Gasteiger partial charge on any atom is 0.329 e.